The summed E-state index contributed by atoms with van der Waals surface area (Å²) in [5, 5.41) is 4.39. The molecule has 2 rings (SSSR count). The molecule has 112 valence electrons. The molecule has 1 unspecified atom stereocenters. The zero-order valence-electron chi connectivity index (χ0n) is 11.9. The molecule has 0 spiro atoms. The van der Waals surface area contributed by atoms with Gasteiger partial charge in [0.25, 0.3) is 0 Å². The molecule has 21 heavy (non-hydrogen) atoms. The first-order valence-electron chi connectivity index (χ1n) is 7.04. The minimum Gasteiger partial charge on any atom is -0.310 e. The lowest BCUT2D eigenvalue weighted by atomic mass is 9.98. The van der Waals surface area contributed by atoms with Crippen molar-refractivity contribution < 1.29 is 0 Å². The highest BCUT2D eigenvalue weighted by molar-refractivity contribution is 9.10. The molecular formula is C17H18Br2ClN. The Morgan fingerprint density at radius 1 is 1.05 bits per heavy atom. The predicted octanol–water partition coefficient (Wildman–Crippen LogP) is 6.15. The van der Waals surface area contributed by atoms with E-state index in [0.717, 1.165) is 38.9 Å². The summed E-state index contributed by atoms with van der Waals surface area (Å²) in [7, 11) is 0. The number of benzene rings is 2. The van der Waals surface area contributed by atoms with Crippen LogP contribution in [0.4, 0.5) is 0 Å². The van der Waals surface area contributed by atoms with Crippen LogP contribution in [-0.4, -0.2) is 6.54 Å². The summed E-state index contributed by atoms with van der Waals surface area (Å²) >= 11 is 13.6. The SMILES string of the molecule is CCCNC(Cc1ccccc1Br)c1cccc(Br)c1Cl. The van der Waals surface area contributed by atoms with Gasteiger partial charge in [0.1, 0.15) is 0 Å². The molecule has 0 amide bonds. The molecule has 0 aliphatic heterocycles. The van der Waals surface area contributed by atoms with Gasteiger partial charge in [-0.2, -0.15) is 0 Å². The van der Waals surface area contributed by atoms with E-state index in [1.807, 2.05) is 18.2 Å². The summed E-state index contributed by atoms with van der Waals surface area (Å²) in [5.41, 5.74) is 2.41. The van der Waals surface area contributed by atoms with Crippen molar-refractivity contribution in [1.29, 1.82) is 0 Å². The van der Waals surface area contributed by atoms with Crippen LogP contribution in [0.15, 0.2) is 51.4 Å². The van der Waals surface area contributed by atoms with Crippen molar-refractivity contribution >= 4 is 43.5 Å². The quantitative estimate of drug-likeness (QED) is 0.579. The van der Waals surface area contributed by atoms with Crippen molar-refractivity contribution in [1.82, 2.24) is 5.32 Å². The standard InChI is InChI=1S/C17H18Br2ClN/c1-2-10-21-16(11-12-6-3-4-8-14(12)18)13-7-5-9-15(19)17(13)20/h3-9,16,21H,2,10-11H2,1H3. The summed E-state index contributed by atoms with van der Waals surface area (Å²) < 4.78 is 2.08. The predicted molar refractivity (Wildman–Crippen MR) is 98.0 cm³/mol. The van der Waals surface area contributed by atoms with Gasteiger partial charge in [-0.05, 0) is 58.6 Å². The molecule has 1 nitrogen and oxygen atoms in total. The van der Waals surface area contributed by atoms with Crippen LogP contribution in [-0.2, 0) is 6.42 Å². The van der Waals surface area contributed by atoms with Gasteiger partial charge in [-0.15, -0.1) is 0 Å². The summed E-state index contributed by atoms with van der Waals surface area (Å²) in [6, 6.07) is 14.6. The van der Waals surface area contributed by atoms with Crippen molar-refractivity contribution in [3.63, 3.8) is 0 Å². The zero-order valence-corrected chi connectivity index (χ0v) is 15.8. The van der Waals surface area contributed by atoms with Crippen LogP contribution >= 0.6 is 43.5 Å². The number of hydrogen-bond donors (Lipinski definition) is 1. The smallest absolute Gasteiger partial charge is 0.0595 e. The van der Waals surface area contributed by atoms with Crippen LogP contribution in [0, 0.1) is 0 Å². The van der Waals surface area contributed by atoms with E-state index in [2.05, 4.69) is 68.4 Å². The summed E-state index contributed by atoms with van der Waals surface area (Å²) in [6.07, 6.45) is 2.00. The van der Waals surface area contributed by atoms with Gasteiger partial charge in [0.05, 0.1) is 5.02 Å². The molecular weight excluding hydrogens is 413 g/mol. The van der Waals surface area contributed by atoms with Crippen LogP contribution in [0.1, 0.15) is 30.5 Å². The van der Waals surface area contributed by atoms with E-state index in [0.29, 0.717) is 0 Å². The second kappa shape index (κ2) is 8.33. The monoisotopic (exact) mass is 429 g/mol. The van der Waals surface area contributed by atoms with Crippen molar-refractivity contribution in [2.24, 2.45) is 0 Å². The van der Waals surface area contributed by atoms with E-state index in [9.17, 15) is 0 Å². The molecule has 0 saturated carbocycles. The Morgan fingerprint density at radius 3 is 2.48 bits per heavy atom. The number of nitrogens with one attached hydrogen (secondary N) is 1. The Kier molecular flexibility index (Phi) is 6.74. The zero-order chi connectivity index (χ0) is 15.2. The fourth-order valence-corrected chi connectivity index (χ4v) is 3.37. The van der Waals surface area contributed by atoms with E-state index in [1.54, 1.807) is 0 Å². The minimum atomic E-state index is 0.202. The van der Waals surface area contributed by atoms with E-state index in [1.165, 1.54) is 5.56 Å². The lowest BCUT2D eigenvalue weighted by Crippen LogP contribution is -2.24. The normalized spacial score (nSPS) is 12.4. The van der Waals surface area contributed by atoms with E-state index < -0.39 is 0 Å². The van der Waals surface area contributed by atoms with Gasteiger partial charge < -0.3 is 5.32 Å². The van der Waals surface area contributed by atoms with Gasteiger partial charge in [0, 0.05) is 15.0 Å². The molecule has 1 N–H and O–H groups in total. The second-order valence-corrected chi connectivity index (χ2v) is 7.03. The molecule has 2 aromatic rings. The first-order valence-corrected chi connectivity index (χ1v) is 9.00. The third kappa shape index (κ3) is 4.56. The maximum absolute atomic E-state index is 6.47. The fourth-order valence-electron chi connectivity index (χ4n) is 2.28. The first kappa shape index (κ1) is 17.0. The fraction of sp³-hybridized carbons (Fsp3) is 0.294. The molecule has 0 radical (unpaired) electrons. The maximum Gasteiger partial charge on any atom is 0.0595 e. The van der Waals surface area contributed by atoms with Gasteiger partial charge in [0.2, 0.25) is 0 Å². The molecule has 0 bridgehead atoms. The van der Waals surface area contributed by atoms with Crippen molar-refractivity contribution in [2.45, 2.75) is 25.8 Å². The van der Waals surface area contributed by atoms with Crippen LogP contribution in [0.2, 0.25) is 5.02 Å². The van der Waals surface area contributed by atoms with Gasteiger partial charge in [0.15, 0.2) is 0 Å². The lowest BCUT2D eigenvalue weighted by molar-refractivity contribution is 0.528. The molecule has 0 heterocycles. The largest absolute Gasteiger partial charge is 0.310 e. The summed E-state index contributed by atoms with van der Waals surface area (Å²) in [4.78, 5) is 0. The van der Waals surface area contributed by atoms with Crippen molar-refractivity contribution in [3.8, 4) is 0 Å². The summed E-state index contributed by atoms with van der Waals surface area (Å²) in [5.74, 6) is 0. The first-order chi connectivity index (χ1) is 10.1. The van der Waals surface area contributed by atoms with E-state index >= 15 is 0 Å². The molecule has 0 saturated heterocycles. The Hall–Kier alpha value is -0.350. The van der Waals surface area contributed by atoms with E-state index in [-0.39, 0.29) is 6.04 Å². The molecule has 2 aromatic carbocycles. The molecule has 0 aromatic heterocycles. The third-order valence-corrected chi connectivity index (χ3v) is 5.46. The highest BCUT2D eigenvalue weighted by Crippen LogP contribution is 2.32. The third-order valence-electron chi connectivity index (χ3n) is 3.38. The Balaban J connectivity index is 2.30. The number of hydrogen-bond acceptors (Lipinski definition) is 1. The Bertz CT molecular complexity index is 601. The topological polar surface area (TPSA) is 12.0 Å². The Morgan fingerprint density at radius 2 is 1.76 bits per heavy atom. The summed E-state index contributed by atoms with van der Waals surface area (Å²) in [6.45, 7) is 3.14. The van der Waals surface area contributed by atoms with Gasteiger partial charge in [-0.3, -0.25) is 0 Å². The highest BCUT2D eigenvalue weighted by atomic mass is 79.9. The van der Waals surface area contributed by atoms with Crippen molar-refractivity contribution in [2.75, 3.05) is 6.54 Å². The van der Waals surface area contributed by atoms with E-state index in [4.69, 9.17) is 11.6 Å². The number of rotatable bonds is 6. The lowest BCUT2D eigenvalue weighted by Gasteiger charge is -2.21. The Labute approximate surface area is 148 Å². The van der Waals surface area contributed by atoms with Gasteiger partial charge >= 0.3 is 0 Å². The van der Waals surface area contributed by atoms with Crippen LogP contribution in [0.25, 0.3) is 0 Å². The number of halogens is 3. The van der Waals surface area contributed by atoms with Crippen LogP contribution < -0.4 is 5.32 Å². The molecule has 0 aliphatic carbocycles. The van der Waals surface area contributed by atoms with Crippen molar-refractivity contribution in [3.05, 3.63) is 67.6 Å². The van der Waals surface area contributed by atoms with Crippen LogP contribution in [0.5, 0.6) is 0 Å². The molecule has 0 aliphatic rings. The molecule has 0 fully saturated rings. The molecule has 1 atom stereocenters. The average Bonchev–Trinajstić information content (AvgIpc) is 2.48. The molecule has 4 heteroatoms. The van der Waals surface area contributed by atoms with Gasteiger partial charge in [-0.25, -0.2) is 0 Å². The average molecular weight is 432 g/mol. The maximum atomic E-state index is 6.47. The van der Waals surface area contributed by atoms with Crippen LogP contribution in [0.3, 0.4) is 0 Å². The minimum absolute atomic E-state index is 0.202. The van der Waals surface area contributed by atoms with Gasteiger partial charge in [-0.1, -0.05) is 64.8 Å². The highest BCUT2D eigenvalue weighted by Gasteiger charge is 2.17. The second-order valence-electron chi connectivity index (χ2n) is 4.95.